The quantitative estimate of drug-likeness (QED) is 0.585. The Kier molecular flexibility index (Phi) is 4.46. The highest BCUT2D eigenvalue weighted by molar-refractivity contribution is 6.76. The minimum atomic E-state index is -1.77. The molecule has 0 radical (unpaired) electrons. The van der Waals surface area contributed by atoms with Gasteiger partial charge >= 0.3 is 0 Å². The third-order valence-corrected chi connectivity index (χ3v) is 11.2. The molecule has 0 aromatic rings. The Morgan fingerprint density at radius 2 is 1.68 bits per heavy atom. The third-order valence-electron chi connectivity index (χ3n) is 4.63. The molecule has 19 heavy (non-hydrogen) atoms. The molecule has 0 saturated carbocycles. The van der Waals surface area contributed by atoms with Crippen molar-refractivity contribution in [1.82, 2.24) is 4.57 Å². The molecular weight excluding hydrogens is 270 g/mol. The Labute approximate surface area is 120 Å². The van der Waals surface area contributed by atoms with Crippen molar-refractivity contribution in [3.8, 4) is 0 Å². The second-order valence-corrected chi connectivity index (χ2v) is 17.9. The summed E-state index contributed by atoms with van der Waals surface area (Å²) < 4.78 is 8.43. The smallest absolute Gasteiger partial charge is 0.222 e. The van der Waals surface area contributed by atoms with Gasteiger partial charge < -0.3 is 8.99 Å². The molecule has 0 N–H and O–H groups in total. The summed E-state index contributed by atoms with van der Waals surface area (Å²) in [6, 6.07) is 0. The van der Waals surface area contributed by atoms with Gasteiger partial charge in [-0.2, -0.15) is 0 Å². The van der Waals surface area contributed by atoms with Gasteiger partial charge in [0, 0.05) is 6.54 Å². The Morgan fingerprint density at radius 1 is 1.21 bits per heavy atom. The van der Waals surface area contributed by atoms with E-state index in [2.05, 4.69) is 65.0 Å². The van der Waals surface area contributed by atoms with E-state index in [0.717, 1.165) is 6.54 Å². The van der Waals surface area contributed by atoms with Crippen LogP contribution < -0.4 is 0 Å². The maximum atomic E-state index is 12.3. The fourth-order valence-electron chi connectivity index (χ4n) is 2.13. The van der Waals surface area contributed by atoms with Gasteiger partial charge in [-0.05, 0) is 25.1 Å². The van der Waals surface area contributed by atoms with Crippen LogP contribution in [0, 0.1) is 5.92 Å². The highest BCUT2D eigenvalue weighted by atomic mass is 28.4. The number of hydrogen-bond donors (Lipinski definition) is 0. The Hall–Kier alpha value is -0.136. The zero-order chi connectivity index (χ0) is 15.2. The monoisotopic (exact) mass is 301 g/mol. The molecule has 3 nitrogen and oxygen atoms in total. The molecule has 0 aromatic carbocycles. The molecule has 1 saturated heterocycles. The molecule has 0 bridgehead atoms. The average molecular weight is 302 g/mol. The minimum absolute atomic E-state index is 0.0565. The number of rotatable bonds is 4. The summed E-state index contributed by atoms with van der Waals surface area (Å²) in [6.45, 7) is 20.9. The lowest BCUT2D eigenvalue weighted by atomic mass is 9.96. The van der Waals surface area contributed by atoms with Gasteiger partial charge in [0.1, 0.15) is 0 Å². The van der Waals surface area contributed by atoms with Crippen molar-refractivity contribution in [2.75, 3.05) is 6.54 Å². The molecule has 1 fully saturated rings. The lowest BCUT2D eigenvalue weighted by molar-refractivity contribution is -0.145. The van der Waals surface area contributed by atoms with Crippen molar-refractivity contribution in [2.24, 2.45) is 5.92 Å². The second-order valence-electron chi connectivity index (χ2n) is 8.31. The number of carbonyl (C=O) groups is 1. The molecule has 112 valence electrons. The molecule has 1 heterocycles. The molecule has 2 atom stereocenters. The molecule has 1 unspecified atom stereocenters. The number of nitrogens with zero attached hydrogens (tertiary/aromatic N) is 1. The van der Waals surface area contributed by atoms with E-state index < -0.39 is 16.6 Å². The summed E-state index contributed by atoms with van der Waals surface area (Å²) in [7, 11) is -3.25. The van der Waals surface area contributed by atoms with E-state index in [4.69, 9.17) is 4.43 Å². The topological polar surface area (TPSA) is 29.5 Å². The summed E-state index contributed by atoms with van der Waals surface area (Å²) in [5, 5.41) is 0.201. The predicted octanol–water partition coefficient (Wildman–Crippen LogP) is 3.69. The van der Waals surface area contributed by atoms with E-state index in [9.17, 15) is 4.79 Å². The van der Waals surface area contributed by atoms with Crippen molar-refractivity contribution in [3.05, 3.63) is 0 Å². The van der Waals surface area contributed by atoms with Crippen molar-refractivity contribution in [3.63, 3.8) is 0 Å². The largest absolute Gasteiger partial charge is 0.413 e. The molecule has 1 aliphatic heterocycles. The highest BCUT2D eigenvalue weighted by Gasteiger charge is 2.48. The van der Waals surface area contributed by atoms with Gasteiger partial charge in [0.25, 0.3) is 0 Å². The molecule has 1 amide bonds. The van der Waals surface area contributed by atoms with Crippen LogP contribution in [-0.2, 0) is 9.22 Å². The van der Waals surface area contributed by atoms with Crippen LogP contribution in [0.1, 0.15) is 27.7 Å². The van der Waals surface area contributed by atoms with Crippen LogP contribution in [0.5, 0.6) is 0 Å². The first-order chi connectivity index (χ1) is 8.27. The van der Waals surface area contributed by atoms with Crippen LogP contribution in [0.3, 0.4) is 0 Å². The Morgan fingerprint density at radius 3 is 2.00 bits per heavy atom. The standard InChI is InChI=1S/C14H31NO2Si2/c1-11(17-19(8,9)14(2,3)4)12-10-15(13(12)16)18(5,6)7/h11-12H,10H2,1-9H3/t11-,12?/m1/s1. The van der Waals surface area contributed by atoms with Crippen LogP contribution in [0.2, 0.25) is 37.8 Å². The van der Waals surface area contributed by atoms with Crippen molar-refractivity contribution >= 4 is 22.5 Å². The van der Waals surface area contributed by atoms with E-state index in [1.54, 1.807) is 0 Å². The average Bonchev–Trinajstić information content (AvgIpc) is 2.10. The summed E-state index contributed by atoms with van der Waals surface area (Å²) in [6.07, 6.45) is 0.0565. The van der Waals surface area contributed by atoms with Gasteiger partial charge in [0.15, 0.2) is 16.6 Å². The van der Waals surface area contributed by atoms with Crippen LogP contribution in [-0.4, -0.2) is 39.7 Å². The molecule has 0 aliphatic carbocycles. The number of hydrogen-bond acceptors (Lipinski definition) is 2. The summed E-state index contributed by atoms with van der Waals surface area (Å²) >= 11 is 0. The van der Waals surface area contributed by atoms with Gasteiger partial charge in [-0.15, -0.1) is 0 Å². The SMILES string of the molecule is C[C@@H](O[Si](C)(C)C(C)(C)C)C1CN([Si](C)(C)C)C1=O. The normalized spacial score (nSPS) is 23.3. The summed E-state index contributed by atoms with van der Waals surface area (Å²) in [5.74, 6) is 0.395. The van der Waals surface area contributed by atoms with Crippen LogP contribution in [0.4, 0.5) is 0 Å². The highest BCUT2D eigenvalue weighted by Crippen LogP contribution is 2.39. The van der Waals surface area contributed by atoms with Gasteiger partial charge in [-0.3, -0.25) is 4.79 Å². The van der Waals surface area contributed by atoms with Crippen LogP contribution in [0.15, 0.2) is 0 Å². The van der Waals surface area contributed by atoms with Crippen molar-refractivity contribution in [1.29, 1.82) is 0 Å². The van der Waals surface area contributed by atoms with E-state index in [1.807, 2.05) is 0 Å². The van der Waals surface area contributed by atoms with E-state index in [1.165, 1.54) is 0 Å². The Bertz CT molecular complexity index is 355. The van der Waals surface area contributed by atoms with Gasteiger partial charge in [0.05, 0.1) is 12.0 Å². The van der Waals surface area contributed by atoms with Gasteiger partial charge in [-0.25, -0.2) is 0 Å². The van der Waals surface area contributed by atoms with Crippen molar-refractivity contribution < 1.29 is 9.22 Å². The second kappa shape index (κ2) is 5.00. The maximum absolute atomic E-state index is 12.3. The third kappa shape index (κ3) is 3.50. The number of amides is 1. The number of carbonyl (C=O) groups excluding carboxylic acids is 1. The van der Waals surface area contributed by atoms with Gasteiger partial charge in [0.2, 0.25) is 5.91 Å². The Balaban J connectivity index is 2.64. The first-order valence-corrected chi connectivity index (χ1v) is 13.6. The number of β-lactam (4-membered cyclic amide) rings is 1. The van der Waals surface area contributed by atoms with E-state index in [-0.39, 0.29) is 17.1 Å². The van der Waals surface area contributed by atoms with Gasteiger partial charge in [-0.1, -0.05) is 40.4 Å². The zero-order valence-electron chi connectivity index (χ0n) is 14.1. The van der Waals surface area contributed by atoms with Crippen LogP contribution in [0.25, 0.3) is 0 Å². The predicted molar refractivity (Wildman–Crippen MR) is 86.3 cm³/mol. The summed E-state index contributed by atoms with van der Waals surface area (Å²) in [5.41, 5.74) is 0. The minimum Gasteiger partial charge on any atom is -0.413 e. The van der Waals surface area contributed by atoms with E-state index >= 15 is 0 Å². The fourth-order valence-corrected chi connectivity index (χ4v) is 5.15. The first kappa shape index (κ1) is 16.9. The maximum Gasteiger partial charge on any atom is 0.222 e. The molecule has 0 spiro atoms. The van der Waals surface area contributed by atoms with Crippen molar-refractivity contribution in [2.45, 2.75) is 71.6 Å². The van der Waals surface area contributed by atoms with E-state index in [0.29, 0.717) is 5.91 Å². The molecule has 1 rings (SSSR count). The molecule has 0 aromatic heterocycles. The molecular formula is C14H31NO2Si2. The first-order valence-electron chi connectivity index (χ1n) is 7.26. The van der Waals surface area contributed by atoms with Crippen LogP contribution >= 0.6 is 0 Å². The zero-order valence-corrected chi connectivity index (χ0v) is 16.1. The lowest BCUT2D eigenvalue weighted by Gasteiger charge is -2.50. The fraction of sp³-hybridized carbons (Fsp3) is 0.929. The lowest BCUT2D eigenvalue weighted by Crippen LogP contribution is -2.66. The molecule has 1 aliphatic rings. The summed E-state index contributed by atoms with van der Waals surface area (Å²) in [4.78, 5) is 12.3. The molecule has 5 heteroatoms.